The summed E-state index contributed by atoms with van der Waals surface area (Å²) in [4.78, 5) is 22.9. The number of hydrogen-bond acceptors (Lipinski definition) is 3. The molecule has 5 heteroatoms. The van der Waals surface area contributed by atoms with Crippen molar-refractivity contribution in [1.29, 1.82) is 0 Å². The van der Waals surface area contributed by atoms with Crippen molar-refractivity contribution in [2.24, 2.45) is 0 Å². The maximum absolute atomic E-state index is 11.9. The quantitative estimate of drug-likeness (QED) is 0.857. The molecule has 108 valence electrons. The summed E-state index contributed by atoms with van der Waals surface area (Å²) < 4.78 is 5.40. The Labute approximate surface area is 117 Å². The highest BCUT2D eigenvalue weighted by Crippen LogP contribution is 2.13. The zero-order valence-electron chi connectivity index (χ0n) is 11.3. The fraction of sp³-hybridized carbons (Fsp3) is 0.467. The second-order valence-electron chi connectivity index (χ2n) is 4.86. The summed E-state index contributed by atoms with van der Waals surface area (Å²) in [5.74, 6) is -1.04. The van der Waals surface area contributed by atoms with Gasteiger partial charge in [0.05, 0.1) is 5.56 Å². The average Bonchev–Trinajstić information content (AvgIpc) is 2.48. The lowest BCUT2D eigenvalue weighted by Gasteiger charge is -2.21. The average molecular weight is 277 g/mol. The van der Waals surface area contributed by atoms with Crippen LogP contribution in [-0.2, 0) is 16.0 Å². The van der Waals surface area contributed by atoms with Gasteiger partial charge in [-0.2, -0.15) is 0 Å². The van der Waals surface area contributed by atoms with E-state index in [-0.39, 0.29) is 17.6 Å². The van der Waals surface area contributed by atoms with Crippen molar-refractivity contribution < 1.29 is 19.4 Å². The molecule has 2 rings (SSSR count). The van der Waals surface area contributed by atoms with E-state index in [1.807, 2.05) is 0 Å². The Bertz CT molecular complexity index is 481. The molecule has 1 atom stereocenters. The van der Waals surface area contributed by atoms with Gasteiger partial charge in [-0.1, -0.05) is 18.2 Å². The minimum atomic E-state index is -0.942. The lowest BCUT2D eigenvalue weighted by Crippen LogP contribution is -2.39. The van der Waals surface area contributed by atoms with Crippen LogP contribution >= 0.6 is 0 Å². The van der Waals surface area contributed by atoms with E-state index in [0.717, 1.165) is 24.8 Å². The van der Waals surface area contributed by atoms with Crippen LogP contribution in [0.25, 0.3) is 0 Å². The molecule has 0 aromatic heterocycles. The van der Waals surface area contributed by atoms with E-state index in [9.17, 15) is 9.59 Å². The number of carboxylic acid groups (broad SMARTS) is 1. The molecular weight excluding hydrogens is 258 g/mol. The number of amides is 1. The number of rotatable bonds is 5. The Morgan fingerprint density at radius 3 is 2.80 bits per heavy atom. The van der Waals surface area contributed by atoms with Gasteiger partial charge in [-0.3, -0.25) is 4.79 Å². The molecule has 1 aromatic rings. The summed E-state index contributed by atoms with van der Waals surface area (Å²) in [6.45, 7) is 1.06. The van der Waals surface area contributed by atoms with Crippen molar-refractivity contribution in [3.63, 3.8) is 0 Å². The van der Waals surface area contributed by atoms with Gasteiger partial charge in [0.25, 0.3) is 0 Å². The first-order valence-electron chi connectivity index (χ1n) is 6.89. The zero-order chi connectivity index (χ0) is 14.4. The summed E-state index contributed by atoms with van der Waals surface area (Å²) in [5.41, 5.74) is 1.01. The van der Waals surface area contributed by atoms with Crippen LogP contribution in [0.3, 0.4) is 0 Å². The molecule has 20 heavy (non-hydrogen) atoms. The van der Waals surface area contributed by atoms with Crippen LogP contribution in [0.1, 0.15) is 35.2 Å². The van der Waals surface area contributed by atoms with E-state index in [0.29, 0.717) is 19.6 Å². The summed E-state index contributed by atoms with van der Waals surface area (Å²) in [7, 11) is 0. The van der Waals surface area contributed by atoms with Crippen LogP contribution in [0.4, 0.5) is 0 Å². The van der Waals surface area contributed by atoms with Crippen molar-refractivity contribution >= 4 is 11.9 Å². The van der Waals surface area contributed by atoms with Crippen LogP contribution in [0.15, 0.2) is 24.3 Å². The molecule has 1 heterocycles. The fourth-order valence-electron chi connectivity index (χ4n) is 2.33. The summed E-state index contributed by atoms with van der Waals surface area (Å²) in [6, 6.07) is 6.84. The normalized spacial score (nSPS) is 18.5. The van der Waals surface area contributed by atoms with Gasteiger partial charge in [-0.15, -0.1) is 0 Å². The van der Waals surface area contributed by atoms with Crippen molar-refractivity contribution in [2.75, 3.05) is 13.2 Å². The zero-order valence-corrected chi connectivity index (χ0v) is 11.3. The summed E-state index contributed by atoms with van der Waals surface area (Å²) >= 11 is 0. The van der Waals surface area contributed by atoms with E-state index < -0.39 is 5.97 Å². The maximum atomic E-state index is 11.9. The predicted octanol–water partition coefficient (Wildman–Crippen LogP) is 1.61. The highest BCUT2D eigenvalue weighted by Gasteiger charge is 2.21. The van der Waals surface area contributed by atoms with Crippen LogP contribution in [0, 0.1) is 0 Å². The lowest BCUT2D eigenvalue weighted by molar-refractivity contribution is -0.135. The molecule has 1 saturated heterocycles. The van der Waals surface area contributed by atoms with Crippen molar-refractivity contribution in [3.8, 4) is 0 Å². The number of carboxylic acids is 1. The molecule has 0 aliphatic carbocycles. The molecule has 1 aliphatic heterocycles. The Morgan fingerprint density at radius 1 is 1.30 bits per heavy atom. The third-order valence-electron chi connectivity index (χ3n) is 3.41. The smallest absolute Gasteiger partial charge is 0.335 e. The summed E-state index contributed by atoms with van der Waals surface area (Å²) in [6.07, 6.45) is 2.94. The lowest BCUT2D eigenvalue weighted by atomic mass is 10.0. The van der Waals surface area contributed by atoms with E-state index in [1.165, 1.54) is 0 Å². The van der Waals surface area contributed by atoms with Gasteiger partial charge in [0.2, 0.25) is 5.91 Å². The van der Waals surface area contributed by atoms with Crippen LogP contribution in [0.2, 0.25) is 0 Å². The molecule has 1 unspecified atom stereocenters. The topological polar surface area (TPSA) is 75.6 Å². The molecular formula is C15H19NO4. The van der Waals surface area contributed by atoms with E-state index in [1.54, 1.807) is 24.3 Å². The number of hydrogen-bond donors (Lipinski definition) is 2. The minimum Gasteiger partial charge on any atom is -0.478 e. The number of aromatic carboxylic acids is 1. The van der Waals surface area contributed by atoms with Gasteiger partial charge in [-0.05, 0) is 37.3 Å². The van der Waals surface area contributed by atoms with E-state index in [2.05, 4.69) is 5.32 Å². The van der Waals surface area contributed by atoms with Crippen molar-refractivity contribution in [2.45, 2.75) is 31.8 Å². The second-order valence-corrected chi connectivity index (χ2v) is 4.86. The molecule has 1 aliphatic rings. The molecule has 1 amide bonds. The Morgan fingerprint density at radius 2 is 2.10 bits per heavy atom. The third-order valence-corrected chi connectivity index (χ3v) is 3.41. The molecule has 1 aromatic carbocycles. The number of ether oxygens (including phenoxy) is 1. The van der Waals surface area contributed by atoms with Gasteiger partial charge < -0.3 is 15.2 Å². The predicted molar refractivity (Wildman–Crippen MR) is 73.7 cm³/mol. The molecule has 5 nitrogen and oxygen atoms in total. The molecule has 0 saturated carbocycles. The van der Waals surface area contributed by atoms with Gasteiger partial charge in [-0.25, -0.2) is 4.79 Å². The van der Waals surface area contributed by atoms with Crippen LogP contribution in [0.5, 0.6) is 0 Å². The first-order chi connectivity index (χ1) is 9.68. The van der Waals surface area contributed by atoms with E-state index in [4.69, 9.17) is 9.84 Å². The van der Waals surface area contributed by atoms with Gasteiger partial charge in [0.15, 0.2) is 0 Å². The minimum absolute atomic E-state index is 0.0995. The van der Waals surface area contributed by atoms with Crippen LogP contribution < -0.4 is 5.32 Å². The van der Waals surface area contributed by atoms with E-state index >= 15 is 0 Å². The number of benzene rings is 1. The molecule has 0 bridgehead atoms. The molecule has 1 fully saturated rings. The number of carbonyl (C=O) groups excluding carboxylic acids is 1. The highest BCUT2D eigenvalue weighted by molar-refractivity contribution is 5.89. The van der Waals surface area contributed by atoms with Crippen molar-refractivity contribution in [3.05, 3.63) is 35.4 Å². The molecule has 0 radical (unpaired) electrons. The number of carbonyl (C=O) groups is 2. The van der Waals surface area contributed by atoms with Crippen LogP contribution in [-0.4, -0.2) is 36.2 Å². The monoisotopic (exact) mass is 277 g/mol. The van der Waals surface area contributed by atoms with Gasteiger partial charge >= 0.3 is 5.97 Å². The highest BCUT2D eigenvalue weighted by atomic mass is 16.5. The SMILES string of the molecule is O=C(O)c1ccccc1CCNC(=O)C1CCCCO1. The Balaban J connectivity index is 1.83. The largest absolute Gasteiger partial charge is 0.478 e. The summed E-state index contributed by atoms with van der Waals surface area (Å²) in [5, 5.41) is 11.9. The fourth-order valence-corrected chi connectivity index (χ4v) is 2.33. The maximum Gasteiger partial charge on any atom is 0.335 e. The Hall–Kier alpha value is -1.88. The standard InChI is InChI=1S/C15H19NO4/c17-14(13-7-3-4-10-20-13)16-9-8-11-5-1-2-6-12(11)15(18)19/h1-2,5-6,13H,3-4,7-10H2,(H,16,17)(H,18,19). The third kappa shape index (κ3) is 3.81. The van der Waals surface area contributed by atoms with Gasteiger partial charge in [0, 0.05) is 13.2 Å². The van der Waals surface area contributed by atoms with Crippen molar-refractivity contribution in [1.82, 2.24) is 5.32 Å². The second kappa shape index (κ2) is 7.05. The molecule has 0 spiro atoms. The first kappa shape index (κ1) is 14.5. The van der Waals surface area contributed by atoms with Gasteiger partial charge in [0.1, 0.15) is 6.10 Å². The first-order valence-corrected chi connectivity index (χ1v) is 6.89. The Kier molecular flexibility index (Phi) is 5.12. The molecule has 2 N–H and O–H groups in total. The number of nitrogens with one attached hydrogen (secondary N) is 1.